The Morgan fingerprint density at radius 3 is 2.68 bits per heavy atom. The number of rotatable bonds is 4. The monoisotopic (exact) mass is 383 g/mol. The minimum Gasteiger partial charge on any atom is -0.469 e. The quantitative estimate of drug-likeness (QED) is 0.563. The highest BCUT2D eigenvalue weighted by Gasteiger charge is 2.73. The van der Waals surface area contributed by atoms with Gasteiger partial charge in [-0.15, -0.1) is 0 Å². The Kier molecular flexibility index (Phi) is 4.79. The fourth-order valence-corrected chi connectivity index (χ4v) is 7.36. The standard InChI is InChI=1S/C25H37NO2/c1-13(2)17-8-7-14(3)18-12-20-24(25(20,5)23(17)18)19-9-15(4)16(10-21(19)26)11-22(27)28-6/h9-10,13-14,17-18,20,23-24H,7-8,11-12,26H2,1-6H3/t14-,17+,18?,20?,23+,24?,25?/m1/s1. The van der Waals surface area contributed by atoms with Crippen LogP contribution in [0.15, 0.2) is 12.1 Å². The van der Waals surface area contributed by atoms with E-state index in [2.05, 4.69) is 40.7 Å². The molecule has 3 heteroatoms. The van der Waals surface area contributed by atoms with Gasteiger partial charge in [-0.05, 0) is 89.4 Å². The number of ether oxygens (including phenoxy) is 1. The number of aryl methyl sites for hydroxylation is 1. The van der Waals surface area contributed by atoms with Gasteiger partial charge in [0.15, 0.2) is 0 Å². The van der Waals surface area contributed by atoms with Crippen LogP contribution in [-0.4, -0.2) is 13.1 Å². The van der Waals surface area contributed by atoms with Crippen molar-refractivity contribution in [2.75, 3.05) is 12.8 Å². The second-order valence-electron chi connectivity index (χ2n) is 10.5. The highest BCUT2D eigenvalue weighted by Crippen LogP contribution is 2.80. The molecule has 0 bridgehead atoms. The fourth-order valence-electron chi connectivity index (χ4n) is 7.36. The normalized spacial score (nSPS) is 38.8. The summed E-state index contributed by atoms with van der Waals surface area (Å²) in [5.41, 5.74) is 11.3. The van der Waals surface area contributed by atoms with Gasteiger partial charge in [-0.25, -0.2) is 0 Å². The van der Waals surface area contributed by atoms with Crippen LogP contribution in [-0.2, 0) is 16.0 Å². The van der Waals surface area contributed by atoms with Gasteiger partial charge in [0, 0.05) is 5.69 Å². The molecule has 0 aromatic heterocycles. The molecule has 0 amide bonds. The number of hydrogen-bond acceptors (Lipinski definition) is 3. The molecule has 1 aromatic rings. The van der Waals surface area contributed by atoms with Crippen molar-refractivity contribution < 1.29 is 9.53 Å². The van der Waals surface area contributed by atoms with Crippen molar-refractivity contribution in [3.05, 3.63) is 28.8 Å². The Morgan fingerprint density at radius 2 is 2.04 bits per heavy atom. The molecule has 3 nitrogen and oxygen atoms in total. The lowest BCUT2D eigenvalue weighted by molar-refractivity contribution is -0.139. The van der Waals surface area contributed by atoms with Crippen LogP contribution < -0.4 is 5.73 Å². The lowest BCUT2D eigenvalue weighted by Crippen LogP contribution is -2.38. The summed E-state index contributed by atoms with van der Waals surface area (Å²) in [6.45, 7) is 12.0. The molecule has 0 saturated heterocycles. The molecule has 2 N–H and O–H groups in total. The van der Waals surface area contributed by atoms with E-state index in [4.69, 9.17) is 10.5 Å². The van der Waals surface area contributed by atoms with Gasteiger partial charge in [0.1, 0.15) is 0 Å². The maximum Gasteiger partial charge on any atom is 0.309 e. The van der Waals surface area contributed by atoms with Crippen LogP contribution in [0.2, 0.25) is 0 Å². The average molecular weight is 384 g/mol. The second-order valence-corrected chi connectivity index (χ2v) is 10.5. The van der Waals surface area contributed by atoms with E-state index in [9.17, 15) is 4.79 Å². The number of anilines is 1. The summed E-state index contributed by atoms with van der Waals surface area (Å²) in [5.74, 6) is 5.37. The molecule has 0 heterocycles. The van der Waals surface area contributed by atoms with Crippen molar-refractivity contribution in [1.29, 1.82) is 0 Å². The summed E-state index contributed by atoms with van der Waals surface area (Å²) in [4.78, 5) is 11.7. The summed E-state index contributed by atoms with van der Waals surface area (Å²) in [6.07, 6.45) is 4.47. The molecule has 1 aromatic carbocycles. The highest BCUT2D eigenvalue weighted by atomic mass is 16.5. The van der Waals surface area contributed by atoms with Crippen LogP contribution in [0.4, 0.5) is 5.69 Å². The maximum atomic E-state index is 11.7. The zero-order chi connectivity index (χ0) is 20.4. The van der Waals surface area contributed by atoms with Crippen LogP contribution >= 0.6 is 0 Å². The van der Waals surface area contributed by atoms with Crippen LogP contribution in [0.25, 0.3) is 0 Å². The number of benzene rings is 1. The first-order valence-electron chi connectivity index (χ1n) is 11.2. The lowest BCUT2D eigenvalue weighted by atomic mass is 9.60. The third-order valence-electron chi connectivity index (χ3n) is 8.91. The molecule has 0 aliphatic heterocycles. The van der Waals surface area contributed by atoms with E-state index in [-0.39, 0.29) is 5.97 Å². The van der Waals surface area contributed by atoms with E-state index >= 15 is 0 Å². The van der Waals surface area contributed by atoms with Crippen LogP contribution in [0, 0.1) is 47.8 Å². The van der Waals surface area contributed by atoms with E-state index in [1.54, 1.807) is 0 Å². The molecule has 3 fully saturated rings. The molecule has 0 spiro atoms. The van der Waals surface area contributed by atoms with E-state index in [1.165, 1.54) is 31.9 Å². The van der Waals surface area contributed by atoms with Crippen molar-refractivity contribution in [3.8, 4) is 0 Å². The summed E-state index contributed by atoms with van der Waals surface area (Å²) in [5, 5.41) is 0. The summed E-state index contributed by atoms with van der Waals surface area (Å²) >= 11 is 0. The van der Waals surface area contributed by atoms with Gasteiger partial charge < -0.3 is 10.5 Å². The zero-order valence-corrected chi connectivity index (χ0v) is 18.4. The number of nitrogens with two attached hydrogens (primary N) is 1. The Labute approximate surface area is 170 Å². The molecular weight excluding hydrogens is 346 g/mol. The molecule has 0 radical (unpaired) electrons. The molecule has 3 saturated carbocycles. The van der Waals surface area contributed by atoms with Gasteiger partial charge in [0.05, 0.1) is 13.5 Å². The SMILES string of the molecule is COC(=O)Cc1cc(N)c(C2C3CC4[C@H](C)CC[C@@H](C(C)C)[C@@H]4C32C)cc1C. The van der Waals surface area contributed by atoms with Crippen molar-refractivity contribution in [1.82, 2.24) is 0 Å². The minimum atomic E-state index is -0.204. The molecule has 7 atom stereocenters. The first-order valence-corrected chi connectivity index (χ1v) is 11.2. The van der Waals surface area contributed by atoms with Crippen LogP contribution in [0.5, 0.6) is 0 Å². The predicted octanol–water partition coefficient (Wildman–Crippen LogP) is 5.35. The molecule has 4 unspecified atom stereocenters. The van der Waals surface area contributed by atoms with E-state index < -0.39 is 0 Å². The predicted molar refractivity (Wildman–Crippen MR) is 114 cm³/mol. The van der Waals surface area contributed by atoms with Gasteiger partial charge in [-0.2, -0.15) is 0 Å². The smallest absolute Gasteiger partial charge is 0.309 e. The molecule has 4 rings (SSSR count). The number of fused-ring (bicyclic) bond motifs is 3. The summed E-state index contributed by atoms with van der Waals surface area (Å²) < 4.78 is 4.84. The number of carbonyl (C=O) groups is 1. The Balaban J connectivity index is 1.64. The van der Waals surface area contributed by atoms with Gasteiger partial charge in [0.2, 0.25) is 0 Å². The lowest BCUT2D eigenvalue weighted by Gasteiger charge is -2.45. The van der Waals surface area contributed by atoms with Crippen LogP contribution in [0.3, 0.4) is 0 Å². The molecular formula is C25H37NO2. The van der Waals surface area contributed by atoms with Gasteiger partial charge >= 0.3 is 5.97 Å². The van der Waals surface area contributed by atoms with Crippen LogP contribution in [0.1, 0.15) is 69.6 Å². The first kappa shape index (κ1) is 19.8. The third-order valence-corrected chi connectivity index (χ3v) is 8.91. The molecule has 28 heavy (non-hydrogen) atoms. The number of hydrogen-bond donors (Lipinski definition) is 1. The average Bonchev–Trinajstić information content (AvgIpc) is 3.09. The zero-order valence-electron chi connectivity index (χ0n) is 18.4. The Bertz CT molecular complexity index is 785. The second kappa shape index (κ2) is 6.78. The van der Waals surface area contributed by atoms with Crippen molar-refractivity contribution >= 4 is 11.7 Å². The van der Waals surface area contributed by atoms with E-state index in [0.29, 0.717) is 17.8 Å². The number of methoxy groups -OCH3 is 1. The largest absolute Gasteiger partial charge is 0.469 e. The highest BCUT2D eigenvalue weighted by molar-refractivity contribution is 5.74. The Morgan fingerprint density at radius 1 is 1.32 bits per heavy atom. The van der Waals surface area contributed by atoms with Crippen molar-refractivity contribution in [3.63, 3.8) is 0 Å². The molecule has 3 aliphatic carbocycles. The van der Waals surface area contributed by atoms with Gasteiger partial charge in [-0.3, -0.25) is 4.79 Å². The molecule has 3 aliphatic rings. The number of esters is 1. The van der Waals surface area contributed by atoms with Gasteiger partial charge in [-0.1, -0.05) is 40.2 Å². The molecule has 154 valence electrons. The van der Waals surface area contributed by atoms with E-state index in [0.717, 1.165) is 52.3 Å². The first-order chi connectivity index (χ1) is 13.2. The summed E-state index contributed by atoms with van der Waals surface area (Å²) in [7, 11) is 1.44. The van der Waals surface area contributed by atoms with Crippen molar-refractivity contribution in [2.45, 2.75) is 66.2 Å². The van der Waals surface area contributed by atoms with E-state index in [1.807, 2.05) is 6.07 Å². The van der Waals surface area contributed by atoms with Crippen molar-refractivity contribution in [2.24, 2.45) is 40.9 Å². The Hall–Kier alpha value is -1.51. The third kappa shape index (κ3) is 2.80. The maximum absolute atomic E-state index is 11.7. The summed E-state index contributed by atoms with van der Waals surface area (Å²) in [6, 6.07) is 4.30. The number of nitrogen functional groups attached to an aromatic ring is 1. The minimum absolute atomic E-state index is 0.204. The fraction of sp³-hybridized carbons (Fsp3) is 0.720. The van der Waals surface area contributed by atoms with Gasteiger partial charge in [0.25, 0.3) is 0 Å². The number of carbonyl (C=O) groups excluding carboxylic acids is 1. The topological polar surface area (TPSA) is 52.3 Å².